The molecule has 0 aromatic heterocycles. The summed E-state index contributed by atoms with van der Waals surface area (Å²) in [4.78, 5) is 0. The molecule has 0 saturated heterocycles. The van der Waals surface area contributed by atoms with Crippen molar-refractivity contribution in [2.24, 2.45) is 0 Å². The Morgan fingerprint density at radius 1 is 1.53 bits per heavy atom. The van der Waals surface area contributed by atoms with Crippen LogP contribution in [-0.4, -0.2) is 11.1 Å². The average Bonchev–Trinajstić information content (AvgIpc) is 2.95. The zero-order valence-corrected chi connectivity index (χ0v) is 10.0. The number of benzene rings is 1. The van der Waals surface area contributed by atoms with Crippen molar-refractivity contribution >= 4 is 15.9 Å². The number of aromatic hydroxyl groups is 1. The van der Waals surface area contributed by atoms with Gasteiger partial charge in [0.05, 0.1) is 4.47 Å². The molecule has 15 heavy (non-hydrogen) atoms. The van der Waals surface area contributed by atoms with Gasteiger partial charge in [0, 0.05) is 23.7 Å². The Morgan fingerprint density at radius 3 is 2.80 bits per heavy atom. The fraction of sp³-hybridized carbons (Fsp3) is 0.455. The molecule has 2 N–H and O–H groups in total. The highest BCUT2D eigenvalue weighted by molar-refractivity contribution is 9.10. The second kappa shape index (κ2) is 4.10. The molecule has 0 radical (unpaired) electrons. The Morgan fingerprint density at radius 2 is 2.20 bits per heavy atom. The highest BCUT2D eigenvalue weighted by Crippen LogP contribution is 2.32. The van der Waals surface area contributed by atoms with E-state index in [0.29, 0.717) is 10.5 Å². The molecule has 4 heteroatoms. The van der Waals surface area contributed by atoms with E-state index in [0.717, 1.165) is 11.6 Å². The Bertz CT molecular complexity index is 379. The predicted octanol–water partition coefficient (Wildman–Crippen LogP) is 3.11. The normalized spacial score (nSPS) is 17.8. The summed E-state index contributed by atoms with van der Waals surface area (Å²) in [6, 6.07) is 3.38. The Kier molecular flexibility index (Phi) is 2.98. The van der Waals surface area contributed by atoms with Gasteiger partial charge in [-0.05, 0) is 41.8 Å². The van der Waals surface area contributed by atoms with Crippen molar-refractivity contribution in [3.8, 4) is 5.75 Å². The fourth-order valence-corrected chi connectivity index (χ4v) is 1.95. The van der Waals surface area contributed by atoms with E-state index in [9.17, 15) is 9.50 Å². The summed E-state index contributed by atoms with van der Waals surface area (Å²) in [5.74, 6) is -0.425. The van der Waals surface area contributed by atoms with E-state index in [4.69, 9.17) is 0 Å². The topological polar surface area (TPSA) is 32.3 Å². The van der Waals surface area contributed by atoms with Crippen molar-refractivity contribution < 1.29 is 9.50 Å². The summed E-state index contributed by atoms with van der Waals surface area (Å²) < 4.78 is 13.5. The minimum atomic E-state index is -0.435. The van der Waals surface area contributed by atoms with E-state index in [1.165, 1.54) is 12.8 Å². The van der Waals surface area contributed by atoms with E-state index in [1.807, 2.05) is 6.92 Å². The molecule has 1 aromatic carbocycles. The summed E-state index contributed by atoms with van der Waals surface area (Å²) in [6.45, 7) is 1.97. The number of rotatable bonds is 3. The number of hydrogen-bond donors (Lipinski definition) is 2. The molecule has 82 valence electrons. The quantitative estimate of drug-likeness (QED) is 0.887. The van der Waals surface area contributed by atoms with Crippen LogP contribution in [0.2, 0.25) is 0 Å². The number of nitrogens with one attached hydrogen (secondary N) is 1. The van der Waals surface area contributed by atoms with Crippen molar-refractivity contribution in [1.82, 2.24) is 5.32 Å². The lowest BCUT2D eigenvalue weighted by atomic mass is 10.1. The molecule has 2 nitrogen and oxygen atoms in total. The van der Waals surface area contributed by atoms with E-state index in [-0.39, 0.29) is 11.8 Å². The molecule has 1 atom stereocenters. The van der Waals surface area contributed by atoms with Gasteiger partial charge in [-0.25, -0.2) is 4.39 Å². The molecule has 0 spiro atoms. The molecule has 0 heterocycles. The van der Waals surface area contributed by atoms with Gasteiger partial charge in [0.1, 0.15) is 11.6 Å². The van der Waals surface area contributed by atoms with Gasteiger partial charge in [-0.15, -0.1) is 0 Å². The highest BCUT2D eigenvalue weighted by Gasteiger charge is 2.24. The van der Waals surface area contributed by atoms with Crippen LogP contribution >= 0.6 is 15.9 Å². The van der Waals surface area contributed by atoms with E-state index < -0.39 is 5.82 Å². The maximum atomic E-state index is 13.1. The first kappa shape index (κ1) is 10.9. The second-order valence-corrected chi connectivity index (χ2v) is 4.84. The van der Waals surface area contributed by atoms with Gasteiger partial charge in [-0.2, -0.15) is 0 Å². The zero-order valence-electron chi connectivity index (χ0n) is 8.43. The first-order chi connectivity index (χ1) is 7.08. The molecule has 1 fully saturated rings. The SMILES string of the molecule is CC(NC1CC1)c1cc(Br)c(F)cc1O. The van der Waals surface area contributed by atoms with Crippen molar-refractivity contribution in [2.75, 3.05) is 0 Å². The number of phenolic OH excluding ortho intramolecular Hbond substituents is 1. The maximum Gasteiger partial charge on any atom is 0.141 e. The van der Waals surface area contributed by atoms with Crippen LogP contribution in [0.4, 0.5) is 4.39 Å². The van der Waals surface area contributed by atoms with Crippen molar-refractivity contribution in [2.45, 2.75) is 31.8 Å². The average molecular weight is 274 g/mol. The third-order valence-electron chi connectivity index (χ3n) is 2.60. The van der Waals surface area contributed by atoms with Gasteiger partial charge in [-0.3, -0.25) is 0 Å². The molecule has 1 unspecified atom stereocenters. The molecule has 0 bridgehead atoms. The second-order valence-electron chi connectivity index (χ2n) is 3.99. The van der Waals surface area contributed by atoms with Crippen molar-refractivity contribution in [3.63, 3.8) is 0 Å². The summed E-state index contributed by atoms with van der Waals surface area (Å²) in [7, 11) is 0. The van der Waals surface area contributed by atoms with Gasteiger partial charge < -0.3 is 10.4 Å². The molecular formula is C11H13BrFNO. The van der Waals surface area contributed by atoms with Crippen LogP contribution in [0, 0.1) is 5.82 Å². The predicted molar refractivity (Wildman–Crippen MR) is 60.3 cm³/mol. The smallest absolute Gasteiger partial charge is 0.141 e. The van der Waals surface area contributed by atoms with Gasteiger partial charge in [0.15, 0.2) is 0 Å². The van der Waals surface area contributed by atoms with E-state index in [1.54, 1.807) is 6.07 Å². The summed E-state index contributed by atoms with van der Waals surface area (Å²) in [6.07, 6.45) is 2.38. The van der Waals surface area contributed by atoms with Crippen LogP contribution in [0.15, 0.2) is 16.6 Å². The van der Waals surface area contributed by atoms with Gasteiger partial charge in [0.2, 0.25) is 0 Å². The third kappa shape index (κ3) is 2.49. The Labute approximate surface area is 96.6 Å². The van der Waals surface area contributed by atoms with Crippen LogP contribution in [0.1, 0.15) is 31.4 Å². The molecule has 1 aliphatic carbocycles. The molecule has 1 saturated carbocycles. The standard InChI is InChI=1S/C11H13BrFNO/c1-6(14-7-2-3-7)8-4-9(12)10(13)5-11(8)15/h4-7,14-15H,2-3H2,1H3. The molecule has 0 amide bonds. The Hall–Kier alpha value is -0.610. The Balaban J connectivity index is 2.21. The van der Waals surface area contributed by atoms with Crippen LogP contribution in [0.25, 0.3) is 0 Å². The van der Waals surface area contributed by atoms with Gasteiger partial charge in [-0.1, -0.05) is 0 Å². The van der Waals surface area contributed by atoms with Crippen LogP contribution in [0.3, 0.4) is 0 Å². The highest BCUT2D eigenvalue weighted by atomic mass is 79.9. The van der Waals surface area contributed by atoms with E-state index in [2.05, 4.69) is 21.2 Å². The molecular weight excluding hydrogens is 261 g/mol. The maximum absolute atomic E-state index is 13.1. The zero-order chi connectivity index (χ0) is 11.0. The monoisotopic (exact) mass is 273 g/mol. The molecule has 1 aromatic rings. The fourth-order valence-electron chi connectivity index (χ4n) is 1.59. The summed E-state index contributed by atoms with van der Waals surface area (Å²) in [5, 5.41) is 13.0. The number of halogens is 2. The van der Waals surface area contributed by atoms with Gasteiger partial charge in [0.25, 0.3) is 0 Å². The summed E-state index contributed by atoms with van der Waals surface area (Å²) >= 11 is 3.12. The number of hydrogen-bond acceptors (Lipinski definition) is 2. The summed E-state index contributed by atoms with van der Waals surface area (Å²) in [5.41, 5.74) is 0.732. The van der Waals surface area contributed by atoms with Crippen LogP contribution in [-0.2, 0) is 0 Å². The minimum absolute atomic E-state index is 0.0105. The van der Waals surface area contributed by atoms with Crippen molar-refractivity contribution in [1.29, 1.82) is 0 Å². The largest absolute Gasteiger partial charge is 0.508 e. The van der Waals surface area contributed by atoms with Crippen LogP contribution in [0.5, 0.6) is 5.75 Å². The third-order valence-corrected chi connectivity index (χ3v) is 3.21. The van der Waals surface area contributed by atoms with Crippen molar-refractivity contribution in [3.05, 3.63) is 28.0 Å². The molecule has 1 aliphatic rings. The lowest BCUT2D eigenvalue weighted by Gasteiger charge is -2.15. The lowest BCUT2D eigenvalue weighted by molar-refractivity contribution is 0.446. The first-order valence-corrected chi connectivity index (χ1v) is 5.81. The minimum Gasteiger partial charge on any atom is -0.508 e. The first-order valence-electron chi connectivity index (χ1n) is 5.02. The van der Waals surface area contributed by atoms with Crippen LogP contribution < -0.4 is 5.32 Å². The number of phenols is 1. The molecule has 0 aliphatic heterocycles. The lowest BCUT2D eigenvalue weighted by Crippen LogP contribution is -2.20. The van der Waals surface area contributed by atoms with Gasteiger partial charge >= 0.3 is 0 Å². The van der Waals surface area contributed by atoms with E-state index >= 15 is 0 Å². The molecule has 2 rings (SSSR count).